The third kappa shape index (κ3) is 4.15. The van der Waals surface area contributed by atoms with Gasteiger partial charge in [0.15, 0.2) is 18.1 Å². The van der Waals surface area contributed by atoms with Crippen molar-refractivity contribution in [2.75, 3.05) is 13.7 Å². The summed E-state index contributed by atoms with van der Waals surface area (Å²) in [5.74, 6) is 0.00840. The number of halogens is 1. The SMILES string of the molecule is COc1cc(/C=C(/C#N)c2nc3ccc(C)cc3[nH]2)c(Br)cc1OCC(=O)O. The van der Waals surface area contributed by atoms with Gasteiger partial charge in [-0.15, -0.1) is 0 Å². The molecule has 0 bridgehead atoms. The van der Waals surface area contributed by atoms with Gasteiger partial charge >= 0.3 is 5.97 Å². The number of carboxylic acids is 1. The summed E-state index contributed by atoms with van der Waals surface area (Å²) < 4.78 is 11.1. The summed E-state index contributed by atoms with van der Waals surface area (Å²) in [4.78, 5) is 18.4. The number of fused-ring (bicyclic) bond motifs is 1. The van der Waals surface area contributed by atoms with Crippen molar-refractivity contribution >= 4 is 44.6 Å². The molecule has 2 aromatic carbocycles. The number of methoxy groups -OCH3 is 1. The Kier molecular flexibility index (Phi) is 5.66. The minimum absolute atomic E-state index is 0.284. The smallest absolute Gasteiger partial charge is 0.341 e. The first kappa shape index (κ1) is 19.5. The molecule has 3 rings (SSSR count). The number of carbonyl (C=O) groups is 1. The van der Waals surface area contributed by atoms with Gasteiger partial charge in [-0.3, -0.25) is 0 Å². The van der Waals surface area contributed by atoms with Crippen molar-refractivity contribution in [1.82, 2.24) is 9.97 Å². The second-order valence-electron chi connectivity index (χ2n) is 5.98. The van der Waals surface area contributed by atoms with Gasteiger partial charge in [-0.2, -0.15) is 5.26 Å². The number of hydrogen-bond donors (Lipinski definition) is 2. The molecule has 1 aromatic heterocycles. The summed E-state index contributed by atoms with van der Waals surface area (Å²) in [6, 6.07) is 11.2. The van der Waals surface area contributed by atoms with Gasteiger partial charge in [-0.25, -0.2) is 9.78 Å². The van der Waals surface area contributed by atoms with E-state index in [1.54, 1.807) is 18.2 Å². The maximum atomic E-state index is 10.7. The molecule has 0 saturated heterocycles. The number of rotatable bonds is 6. The Balaban J connectivity index is 2.01. The standard InChI is InChI=1S/C20H16BrN3O4/c1-11-3-4-15-16(5-11)24-20(23-15)13(9-22)6-12-7-17(27-2)18(8-14(12)21)28-10-19(25)26/h3-8H,10H2,1-2H3,(H,23,24)(H,25,26)/b13-6-. The van der Waals surface area contributed by atoms with Gasteiger partial charge in [0.05, 0.1) is 23.7 Å². The highest BCUT2D eigenvalue weighted by molar-refractivity contribution is 9.10. The third-order valence-electron chi connectivity index (χ3n) is 3.95. The number of aromatic amines is 1. The molecule has 0 amide bonds. The zero-order chi connectivity index (χ0) is 20.3. The number of nitrogens with zero attached hydrogens (tertiary/aromatic N) is 2. The van der Waals surface area contributed by atoms with Crippen molar-refractivity contribution in [3.05, 3.63) is 51.8 Å². The predicted octanol–water partition coefficient (Wildman–Crippen LogP) is 4.17. The molecule has 0 saturated carbocycles. The maximum absolute atomic E-state index is 10.7. The first-order valence-corrected chi connectivity index (χ1v) is 9.01. The van der Waals surface area contributed by atoms with Crippen LogP contribution in [0, 0.1) is 18.3 Å². The van der Waals surface area contributed by atoms with Crippen LogP contribution in [0.4, 0.5) is 0 Å². The topological polar surface area (TPSA) is 108 Å². The average molecular weight is 442 g/mol. The van der Waals surface area contributed by atoms with Gasteiger partial charge in [0, 0.05) is 4.47 Å². The Bertz CT molecular complexity index is 1130. The summed E-state index contributed by atoms with van der Waals surface area (Å²) in [5, 5.41) is 18.4. The molecule has 1 heterocycles. The Hall–Kier alpha value is -3.31. The quantitative estimate of drug-likeness (QED) is 0.555. The highest BCUT2D eigenvalue weighted by Crippen LogP contribution is 2.35. The van der Waals surface area contributed by atoms with Crippen molar-refractivity contribution in [2.24, 2.45) is 0 Å². The van der Waals surface area contributed by atoms with Gasteiger partial charge < -0.3 is 19.6 Å². The molecule has 3 aromatic rings. The molecule has 0 fully saturated rings. The lowest BCUT2D eigenvalue weighted by Crippen LogP contribution is -2.10. The Morgan fingerprint density at radius 3 is 2.82 bits per heavy atom. The van der Waals surface area contributed by atoms with E-state index in [0.717, 1.165) is 16.6 Å². The molecule has 2 N–H and O–H groups in total. The molecular weight excluding hydrogens is 426 g/mol. The van der Waals surface area contributed by atoms with E-state index in [9.17, 15) is 10.1 Å². The minimum Gasteiger partial charge on any atom is -0.493 e. The van der Waals surface area contributed by atoms with E-state index >= 15 is 0 Å². The van der Waals surface area contributed by atoms with Crippen LogP contribution in [0.5, 0.6) is 11.5 Å². The molecule has 7 nitrogen and oxygen atoms in total. The highest BCUT2D eigenvalue weighted by Gasteiger charge is 2.13. The molecule has 0 unspecified atom stereocenters. The van der Waals surface area contributed by atoms with Crippen molar-refractivity contribution in [3.63, 3.8) is 0 Å². The molecule has 0 spiro atoms. The molecule has 28 heavy (non-hydrogen) atoms. The molecular formula is C20H16BrN3O4. The van der Waals surface area contributed by atoms with Gasteiger partial charge in [-0.1, -0.05) is 22.0 Å². The number of imidazole rings is 1. The monoisotopic (exact) mass is 441 g/mol. The van der Waals surface area contributed by atoms with Gasteiger partial charge in [0.2, 0.25) is 0 Å². The van der Waals surface area contributed by atoms with Crippen LogP contribution in [0.1, 0.15) is 17.0 Å². The van der Waals surface area contributed by atoms with E-state index in [1.807, 2.05) is 25.1 Å². The summed E-state index contributed by atoms with van der Waals surface area (Å²) in [7, 11) is 1.46. The summed E-state index contributed by atoms with van der Waals surface area (Å²) >= 11 is 3.42. The number of nitriles is 1. The fraction of sp³-hybridized carbons (Fsp3) is 0.150. The maximum Gasteiger partial charge on any atom is 0.341 e. The van der Waals surface area contributed by atoms with E-state index in [1.165, 1.54) is 7.11 Å². The fourth-order valence-electron chi connectivity index (χ4n) is 2.63. The van der Waals surface area contributed by atoms with Crippen LogP contribution >= 0.6 is 15.9 Å². The second-order valence-corrected chi connectivity index (χ2v) is 6.84. The summed E-state index contributed by atoms with van der Waals surface area (Å²) in [6.45, 7) is 1.50. The third-order valence-corrected chi connectivity index (χ3v) is 4.63. The molecule has 0 aliphatic heterocycles. The Morgan fingerprint density at radius 2 is 2.14 bits per heavy atom. The number of benzene rings is 2. The fourth-order valence-corrected chi connectivity index (χ4v) is 3.07. The number of aromatic nitrogens is 2. The molecule has 0 radical (unpaired) electrons. The van der Waals surface area contributed by atoms with Crippen molar-refractivity contribution in [2.45, 2.75) is 6.92 Å². The Morgan fingerprint density at radius 1 is 1.36 bits per heavy atom. The number of ether oxygens (including phenoxy) is 2. The zero-order valence-corrected chi connectivity index (χ0v) is 16.7. The van der Waals surface area contributed by atoms with E-state index in [2.05, 4.69) is 32.0 Å². The minimum atomic E-state index is -1.09. The molecule has 0 aliphatic carbocycles. The lowest BCUT2D eigenvalue weighted by atomic mass is 10.1. The molecule has 0 aliphatic rings. The van der Waals surface area contributed by atoms with Crippen LogP contribution in [0.25, 0.3) is 22.7 Å². The van der Waals surface area contributed by atoms with Crippen molar-refractivity contribution in [1.29, 1.82) is 5.26 Å². The summed E-state index contributed by atoms with van der Waals surface area (Å²) in [6.07, 6.45) is 1.66. The number of carboxylic acid groups (broad SMARTS) is 1. The molecule has 142 valence electrons. The van der Waals surface area contributed by atoms with Crippen LogP contribution in [0.3, 0.4) is 0 Å². The van der Waals surface area contributed by atoms with Crippen LogP contribution in [0.15, 0.2) is 34.8 Å². The van der Waals surface area contributed by atoms with Gasteiger partial charge in [0.1, 0.15) is 11.9 Å². The van der Waals surface area contributed by atoms with E-state index < -0.39 is 12.6 Å². The second kappa shape index (κ2) is 8.15. The van der Waals surface area contributed by atoms with E-state index in [-0.39, 0.29) is 5.75 Å². The number of allylic oxidation sites excluding steroid dienone is 1. The molecule has 8 heteroatoms. The molecule has 0 atom stereocenters. The van der Waals surface area contributed by atoms with Crippen LogP contribution in [-0.4, -0.2) is 34.8 Å². The lowest BCUT2D eigenvalue weighted by Gasteiger charge is -2.11. The lowest BCUT2D eigenvalue weighted by molar-refractivity contribution is -0.139. The summed E-state index contributed by atoms with van der Waals surface area (Å²) in [5.41, 5.74) is 3.72. The van der Waals surface area contributed by atoms with Crippen molar-refractivity contribution < 1.29 is 19.4 Å². The first-order valence-electron chi connectivity index (χ1n) is 8.22. The highest BCUT2D eigenvalue weighted by atomic mass is 79.9. The number of H-pyrrole nitrogens is 1. The Labute approximate surface area is 169 Å². The zero-order valence-electron chi connectivity index (χ0n) is 15.1. The first-order chi connectivity index (χ1) is 13.4. The normalized spacial score (nSPS) is 11.3. The van der Waals surface area contributed by atoms with Gasteiger partial charge in [-0.05, 0) is 48.4 Å². The number of aliphatic carboxylic acids is 1. The van der Waals surface area contributed by atoms with E-state index in [0.29, 0.717) is 27.2 Å². The predicted molar refractivity (Wildman–Crippen MR) is 108 cm³/mol. The average Bonchev–Trinajstić information content (AvgIpc) is 3.08. The number of hydrogen-bond acceptors (Lipinski definition) is 5. The van der Waals surface area contributed by atoms with Crippen LogP contribution in [-0.2, 0) is 4.79 Å². The van der Waals surface area contributed by atoms with E-state index in [4.69, 9.17) is 14.6 Å². The number of nitrogens with one attached hydrogen (secondary N) is 1. The van der Waals surface area contributed by atoms with Crippen molar-refractivity contribution in [3.8, 4) is 17.6 Å². The van der Waals surface area contributed by atoms with Gasteiger partial charge in [0.25, 0.3) is 0 Å². The van der Waals surface area contributed by atoms with Crippen LogP contribution in [0.2, 0.25) is 0 Å². The number of aryl methyl sites for hydroxylation is 1. The largest absolute Gasteiger partial charge is 0.493 e. The van der Waals surface area contributed by atoms with Crippen LogP contribution < -0.4 is 9.47 Å².